The van der Waals surface area contributed by atoms with Crippen LogP contribution in [0.5, 0.6) is 5.75 Å². The van der Waals surface area contributed by atoms with E-state index in [1.54, 1.807) is 18.3 Å². The Bertz CT molecular complexity index is 910. The standard InChI is InChI=1S/C20H24N2O6S/c21-19(23)20(8-11-26-12-9-20)29(24,25)18-6-4-17(5-7-18)28-14-13-27-15-16-3-1-2-10-22-16/h1-7,10H,8-9,11-15H2,(H2,21,23). The van der Waals surface area contributed by atoms with Crippen LogP contribution in [0.2, 0.25) is 0 Å². The number of primary amides is 1. The van der Waals surface area contributed by atoms with Gasteiger partial charge in [-0.25, -0.2) is 8.42 Å². The highest BCUT2D eigenvalue weighted by Gasteiger charge is 2.51. The number of amides is 1. The second-order valence-electron chi connectivity index (χ2n) is 6.67. The zero-order chi connectivity index (χ0) is 20.7. The van der Waals surface area contributed by atoms with Crippen molar-refractivity contribution in [1.29, 1.82) is 0 Å². The molecule has 9 heteroatoms. The molecule has 0 aliphatic carbocycles. The molecule has 0 atom stereocenters. The van der Waals surface area contributed by atoms with Crippen molar-refractivity contribution in [2.45, 2.75) is 29.1 Å². The van der Waals surface area contributed by atoms with E-state index in [1.807, 2.05) is 18.2 Å². The molecule has 1 aliphatic heterocycles. The summed E-state index contributed by atoms with van der Waals surface area (Å²) >= 11 is 0. The van der Waals surface area contributed by atoms with Gasteiger partial charge in [-0.2, -0.15) is 0 Å². The minimum atomic E-state index is -3.94. The molecule has 0 unspecified atom stereocenters. The second kappa shape index (κ2) is 9.34. The maximum atomic E-state index is 13.1. The van der Waals surface area contributed by atoms with Gasteiger partial charge in [0.25, 0.3) is 0 Å². The maximum absolute atomic E-state index is 13.1. The van der Waals surface area contributed by atoms with Crippen molar-refractivity contribution in [2.75, 3.05) is 26.4 Å². The van der Waals surface area contributed by atoms with Gasteiger partial charge >= 0.3 is 0 Å². The lowest BCUT2D eigenvalue weighted by molar-refractivity contribution is -0.122. The van der Waals surface area contributed by atoms with Gasteiger partial charge in [0.15, 0.2) is 14.6 Å². The Morgan fingerprint density at radius 1 is 1.10 bits per heavy atom. The summed E-state index contributed by atoms with van der Waals surface area (Å²) in [5.41, 5.74) is 6.31. The topological polar surface area (TPSA) is 118 Å². The van der Waals surface area contributed by atoms with E-state index >= 15 is 0 Å². The number of hydrogen-bond acceptors (Lipinski definition) is 7. The first kappa shape index (κ1) is 21.2. The van der Waals surface area contributed by atoms with Gasteiger partial charge in [0, 0.05) is 19.4 Å². The molecule has 0 radical (unpaired) electrons. The van der Waals surface area contributed by atoms with Gasteiger partial charge < -0.3 is 19.9 Å². The largest absolute Gasteiger partial charge is 0.491 e. The predicted molar refractivity (Wildman–Crippen MR) is 105 cm³/mol. The molecule has 1 aromatic carbocycles. The van der Waals surface area contributed by atoms with Crippen LogP contribution >= 0.6 is 0 Å². The number of nitrogens with two attached hydrogens (primary N) is 1. The maximum Gasteiger partial charge on any atom is 0.239 e. The molecule has 2 N–H and O–H groups in total. The van der Waals surface area contributed by atoms with E-state index in [-0.39, 0.29) is 31.0 Å². The molecule has 1 saturated heterocycles. The van der Waals surface area contributed by atoms with Crippen LogP contribution in [0.3, 0.4) is 0 Å². The Morgan fingerprint density at radius 2 is 1.83 bits per heavy atom. The van der Waals surface area contributed by atoms with Gasteiger partial charge in [-0.05, 0) is 49.2 Å². The van der Waals surface area contributed by atoms with E-state index < -0.39 is 20.5 Å². The fraction of sp³-hybridized carbons (Fsp3) is 0.400. The van der Waals surface area contributed by atoms with Gasteiger partial charge in [0.1, 0.15) is 12.4 Å². The van der Waals surface area contributed by atoms with Gasteiger partial charge in [0.2, 0.25) is 5.91 Å². The molecule has 1 aliphatic rings. The first-order valence-electron chi connectivity index (χ1n) is 9.28. The smallest absolute Gasteiger partial charge is 0.239 e. The van der Waals surface area contributed by atoms with Crippen molar-refractivity contribution >= 4 is 15.7 Å². The van der Waals surface area contributed by atoms with Crippen LogP contribution < -0.4 is 10.5 Å². The second-order valence-corrected chi connectivity index (χ2v) is 8.93. The number of carbonyl (C=O) groups is 1. The average molecular weight is 420 g/mol. The van der Waals surface area contributed by atoms with Crippen LogP contribution in [0, 0.1) is 0 Å². The lowest BCUT2D eigenvalue weighted by Crippen LogP contribution is -2.53. The van der Waals surface area contributed by atoms with Crippen LogP contribution in [0.15, 0.2) is 53.6 Å². The summed E-state index contributed by atoms with van der Waals surface area (Å²) in [7, 11) is -3.94. The summed E-state index contributed by atoms with van der Waals surface area (Å²) in [5, 5.41) is 0. The third-order valence-electron chi connectivity index (χ3n) is 4.87. The molecule has 0 spiro atoms. The minimum Gasteiger partial charge on any atom is -0.491 e. The van der Waals surface area contributed by atoms with Crippen LogP contribution in [-0.2, 0) is 30.7 Å². The van der Waals surface area contributed by atoms with Crippen molar-refractivity contribution in [1.82, 2.24) is 4.98 Å². The molecule has 1 aromatic heterocycles. The quantitative estimate of drug-likeness (QED) is 0.611. The van der Waals surface area contributed by atoms with Crippen molar-refractivity contribution in [3.05, 3.63) is 54.4 Å². The molecule has 2 heterocycles. The molecule has 156 valence electrons. The van der Waals surface area contributed by atoms with Crippen LogP contribution in [0.1, 0.15) is 18.5 Å². The number of nitrogens with zero attached hydrogens (tertiary/aromatic N) is 1. The third-order valence-corrected chi connectivity index (χ3v) is 7.40. The van der Waals surface area contributed by atoms with E-state index in [4.69, 9.17) is 19.9 Å². The first-order chi connectivity index (χ1) is 14.0. The SMILES string of the molecule is NC(=O)C1(S(=O)(=O)c2ccc(OCCOCc3ccccn3)cc2)CCOCC1. The molecule has 2 aromatic rings. The van der Waals surface area contributed by atoms with Crippen LogP contribution in [0.25, 0.3) is 0 Å². The molecule has 29 heavy (non-hydrogen) atoms. The summed E-state index contributed by atoms with van der Waals surface area (Å²) in [4.78, 5) is 16.2. The highest BCUT2D eigenvalue weighted by molar-refractivity contribution is 7.93. The minimum absolute atomic E-state index is 0.0388. The molecule has 0 bridgehead atoms. The van der Waals surface area contributed by atoms with Crippen molar-refractivity contribution in [2.24, 2.45) is 5.73 Å². The van der Waals surface area contributed by atoms with Gasteiger partial charge in [-0.3, -0.25) is 9.78 Å². The Labute approximate surface area is 169 Å². The van der Waals surface area contributed by atoms with E-state index in [2.05, 4.69) is 4.98 Å². The highest BCUT2D eigenvalue weighted by Crippen LogP contribution is 2.35. The van der Waals surface area contributed by atoms with E-state index in [0.29, 0.717) is 25.6 Å². The molecule has 0 saturated carbocycles. The fourth-order valence-electron chi connectivity index (χ4n) is 3.17. The van der Waals surface area contributed by atoms with Crippen molar-refractivity contribution < 1.29 is 27.4 Å². The summed E-state index contributed by atoms with van der Waals surface area (Å²) in [6.07, 6.45) is 1.81. The molecular formula is C20H24N2O6S. The Hall–Kier alpha value is -2.49. The lowest BCUT2D eigenvalue weighted by Gasteiger charge is -2.33. The van der Waals surface area contributed by atoms with E-state index in [0.717, 1.165) is 5.69 Å². The zero-order valence-corrected chi connectivity index (χ0v) is 16.8. The van der Waals surface area contributed by atoms with Crippen molar-refractivity contribution in [3.63, 3.8) is 0 Å². The number of ether oxygens (including phenoxy) is 3. The predicted octanol–water partition coefficient (Wildman–Crippen LogP) is 1.49. The number of rotatable bonds is 9. The summed E-state index contributed by atoms with van der Waals surface area (Å²) < 4.78 is 40.8. The van der Waals surface area contributed by atoms with Crippen LogP contribution in [0.4, 0.5) is 0 Å². The van der Waals surface area contributed by atoms with Gasteiger partial charge in [0.05, 0.1) is 23.8 Å². The molecule has 3 rings (SSSR count). The number of carbonyl (C=O) groups excluding carboxylic acids is 1. The first-order valence-corrected chi connectivity index (χ1v) is 10.8. The summed E-state index contributed by atoms with van der Waals surface area (Å²) in [5.74, 6) is -0.336. The lowest BCUT2D eigenvalue weighted by atomic mass is 9.98. The normalized spacial score (nSPS) is 16.3. The number of benzene rings is 1. The Morgan fingerprint density at radius 3 is 2.45 bits per heavy atom. The highest BCUT2D eigenvalue weighted by atomic mass is 32.2. The van der Waals surface area contributed by atoms with Crippen LogP contribution in [-0.4, -0.2) is 50.5 Å². The van der Waals surface area contributed by atoms with E-state index in [9.17, 15) is 13.2 Å². The summed E-state index contributed by atoms with van der Waals surface area (Å²) in [6.45, 7) is 1.42. The Kier molecular flexibility index (Phi) is 6.83. The molecule has 8 nitrogen and oxygen atoms in total. The average Bonchev–Trinajstić information content (AvgIpc) is 2.75. The number of sulfone groups is 1. The van der Waals surface area contributed by atoms with Gasteiger partial charge in [-0.1, -0.05) is 6.07 Å². The fourth-order valence-corrected chi connectivity index (χ4v) is 5.08. The number of pyridine rings is 1. The van der Waals surface area contributed by atoms with Crippen molar-refractivity contribution in [3.8, 4) is 5.75 Å². The molecule has 1 amide bonds. The molecule has 1 fully saturated rings. The monoisotopic (exact) mass is 420 g/mol. The Balaban J connectivity index is 1.57. The zero-order valence-electron chi connectivity index (χ0n) is 16.0. The van der Waals surface area contributed by atoms with E-state index in [1.165, 1.54) is 12.1 Å². The molecular weight excluding hydrogens is 396 g/mol. The summed E-state index contributed by atoms with van der Waals surface area (Å²) in [6, 6.07) is 11.6. The third kappa shape index (κ3) is 4.75. The number of hydrogen-bond donors (Lipinski definition) is 1. The van der Waals surface area contributed by atoms with Gasteiger partial charge in [-0.15, -0.1) is 0 Å². The number of aromatic nitrogens is 1.